The van der Waals surface area contributed by atoms with Crippen molar-refractivity contribution in [1.82, 2.24) is 9.62 Å². The van der Waals surface area contributed by atoms with E-state index in [9.17, 15) is 13.2 Å². The number of nitrogens with one attached hydrogen (secondary N) is 1. The number of carbonyl (C=O) groups excluding carboxylic acids is 1. The van der Waals surface area contributed by atoms with Crippen LogP contribution in [-0.2, 0) is 16.6 Å². The maximum atomic E-state index is 12.5. The molecule has 0 aromatic heterocycles. The van der Waals surface area contributed by atoms with Crippen LogP contribution >= 0.6 is 11.6 Å². The highest BCUT2D eigenvalue weighted by atomic mass is 35.5. The lowest BCUT2D eigenvalue weighted by Gasteiger charge is -2.17. The van der Waals surface area contributed by atoms with Crippen molar-refractivity contribution in [3.63, 3.8) is 0 Å². The molecule has 1 amide bonds. The second kappa shape index (κ2) is 7.12. The Labute approximate surface area is 140 Å². The van der Waals surface area contributed by atoms with Gasteiger partial charge in [-0.3, -0.25) is 4.79 Å². The van der Waals surface area contributed by atoms with Crippen LogP contribution in [0.1, 0.15) is 15.9 Å². The Hall–Kier alpha value is -1.89. The van der Waals surface area contributed by atoms with Gasteiger partial charge in [0.2, 0.25) is 10.0 Å². The SMILES string of the molecule is CNC(=O)c1ccc(CN(C)S(=O)(=O)c2ccc(Cl)cc2)cc1. The summed E-state index contributed by atoms with van der Waals surface area (Å²) in [5.41, 5.74) is 1.32. The van der Waals surface area contributed by atoms with E-state index >= 15 is 0 Å². The number of sulfonamides is 1. The Morgan fingerprint density at radius 2 is 1.65 bits per heavy atom. The Morgan fingerprint density at radius 3 is 2.17 bits per heavy atom. The van der Waals surface area contributed by atoms with E-state index in [1.54, 1.807) is 43.4 Å². The Balaban J connectivity index is 2.16. The Morgan fingerprint density at radius 1 is 1.09 bits per heavy atom. The number of hydrogen-bond acceptors (Lipinski definition) is 3. The van der Waals surface area contributed by atoms with Crippen LogP contribution in [0.2, 0.25) is 5.02 Å². The van der Waals surface area contributed by atoms with Crippen molar-refractivity contribution in [2.75, 3.05) is 14.1 Å². The largest absolute Gasteiger partial charge is 0.355 e. The third kappa shape index (κ3) is 4.10. The van der Waals surface area contributed by atoms with Gasteiger partial charge in [-0.25, -0.2) is 8.42 Å². The molecule has 0 aliphatic rings. The van der Waals surface area contributed by atoms with Crippen molar-refractivity contribution in [2.45, 2.75) is 11.4 Å². The summed E-state index contributed by atoms with van der Waals surface area (Å²) in [5.74, 6) is -0.182. The molecule has 0 fully saturated rings. The van der Waals surface area contributed by atoms with Gasteiger partial charge in [0.05, 0.1) is 4.90 Å². The summed E-state index contributed by atoms with van der Waals surface area (Å²) in [5, 5.41) is 3.02. The molecule has 2 aromatic rings. The molecule has 0 unspecified atom stereocenters. The van der Waals surface area contributed by atoms with Crippen LogP contribution in [0, 0.1) is 0 Å². The second-order valence-corrected chi connectivity index (χ2v) is 7.47. The fourth-order valence-corrected chi connectivity index (χ4v) is 3.32. The summed E-state index contributed by atoms with van der Waals surface area (Å²) in [6.07, 6.45) is 0. The van der Waals surface area contributed by atoms with Crippen molar-refractivity contribution < 1.29 is 13.2 Å². The summed E-state index contributed by atoms with van der Waals surface area (Å²) >= 11 is 5.78. The predicted octanol–water partition coefficient (Wildman–Crippen LogP) is 2.52. The van der Waals surface area contributed by atoms with Gasteiger partial charge < -0.3 is 5.32 Å². The van der Waals surface area contributed by atoms with E-state index < -0.39 is 10.0 Å². The number of halogens is 1. The molecule has 0 atom stereocenters. The van der Waals surface area contributed by atoms with Crippen LogP contribution in [0.15, 0.2) is 53.4 Å². The molecule has 5 nitrogen and oxygen atoms in total. The monoisotopic (exact) mass is 352 g/mol. The first kappa shape index (κ1) is 17.5. The summed E-state index contributed by atoms with van der Waals surface area (Å²) in [4.78, 5) is 11.7. The fraction of sp³-hybridized carbons (Fsp3) is 0.188. The number of benzene rings is 2. The molecule has 0 aliphatic heterocycles. The zero-order valence-electron chi connectivity index (χ0n) is 12.8. The first-order chi connectivity index (χ1) is 10.8. The molecule has 122 valence electrons. The summed E-state index contributed by atoms with van der Waals surface area (Å²) in [7, 11) is -0.521. The van der Waals surface area contributed by atoms with E-state index in [4.69, 9.17) is 11.6 Å². The smallest absolute Gasteiger partial charge is 0.251 e. The maximum absolute atomic E-state index is 12.5. The van der Waals surface area contributed by atoms with Gasteiger partial charge in [0.25, 0.3) is 5.91 Å². The van der Waals surface area contributed by atoms with Gasteiger partial charge in [0.1, 0.15) is 0 Å². The number of amides is 1. The minimum absolute atomic E-state index is 0.182. The molecule has 1 N–H and O–H groups in total. The quantitative estimate of drug-likeness (QED) is 0.899. The molecular formula is C16H17ClN2O3S. The lowest BCUT2D eigenvalue weighted by atomic mass is 10.1. The van der Waals surface area contributed by atoms with Gasteiger partial charge >= 0.3 is 0 Å². The zero-order chi connectivity index (χ0) is 17.0. The van der Waals surface area contributed by atoms with Gasteiger partial charge in [0, 0.05) is 31.2 Å². The van der Waals surface area contributed by atoms with E-state index in [-0.39, 0.29) is 17.3 Å². The first-order valence-corrected chi connectivity index (χ1v) is 8.69. The van der Waals surface area contributed by atoms with E-state index in [1.807, 2.05) is 0 Å². The molecule has 0 saturated heterocycles. The van der Waals surface area contributed by atoms with Gasteiger partial charge in [-0.15, -0.1) is 0 Å². The number of carbonyl (C=O) groups is 1. The molecule has 0 spiro atoms. The molecule has 0 saturated carbocycles. The first-order valence-electron chi connectivity index (χ1n) is 6.87. The summed E-state index contributed by atoms with van der Waals surface area (Å²) in [6.45, 7) is 0.207. The summed E-state index contributed by atoms with van der Waals surface area (Å²) in [6, 6.07) is 12.8. The van der Waals surface area contributed by atoms with Gasteiger partial charge in [-0.2, -0.15) is 4.31 Å². The van der Waals surface area contributed by atoms with Crippen LogP contribution in [-0.4, -0.2) is 32.7 Å². The minimum Gasteiger partial charge on any atom is -0.355 e. The highest BCUT2D eigenvalue weighted by molar-refractivity contribution is 7.89. The number of nitrogens with zero attached hydrogens (tertiary/aromatic N) is 1. The molecule has 0 radical (unpaired) electrons. The maximum Gasteiger partial charge on any atom is 0.251 e. The molecule has 2 aromatic carbocycles. The van der Waals surface area contributed by atoms with Crippen molar-refractivity contribution in [3.8, 4) is 0 Å². The van der Waals surface area contributed by atoms with E-state index in [0.717, 1.165) is 5.56 Å². The molecule has 0 bridgehead atoms. The van der Waals surface area contributed by atoms with Crippen LogP contribution in [0.5, 0.6) is 0 Å². The van der Waals surface area contributed by atoms with Crippen LogP contribution in [0.25, 0.3) is 0 Å². The number of rotatable bonds is 5. The average Bonchev–Trinajstić information content (AvgIpc) is 2.55. The van der Waals surface area contributed by atoms with Gasteiger partial charge in [-0.1, -0.05) is 23.7 Å². The van der Waals surface area contributed by atoms with Crippen LogP contribution < -0.4 is 5.32 Å². The fourth-order valence-electron chi connectivity index (χ4n) is 2.03. The molecule has 2 rings (SSSR count). The predicted molar refractivity (Wildman–Crippen MR) is 89.9 cm³/mol. The Kier molecular flexibility index (Phi) is 5.41. The highest BCUT2D eigenvalue weighted by Crippen LogP contribution is 2.19. The normalized spacial score (nSPS) is 11.5. The standard InChI is InChI=1S/C16H17ClN2O3S/c1-18-16(20)13-5-3-12(4-6-13)11-19(2)23(21,22)15-9-7-14(17)8-10-15/h3-10H,11H2,1-2H3,(H,18,20). The van der Waals surface area contributed by atoms with Crippen molar-refractivity contribution >= 4 is 27.5 Å². The van der Waals surface area contributed by atoms with Crippen molar-refractivity contribution in [1.29, 1.82) is 0 Å². The molecular weight excluding hydrogens is 336 g/mol. The molecule has 23 heavy (non-hydrogen) atoms. The lowest BCUT2D eigenvalue weighted by Crippen LogP contribution is -2.26. The van der Waals surface area contributed by atoms with E-state index in [1.165, 1.54) is 23.5 Å². The van der Waals surface area contributed by atoms with Crippen molar-refractivity contribution in [2.24, 2.45) is 0 Å². The topological polar surface area (TPSA) is 66.5 Å². The molecule has 0 aliphatic carbocycles. The second-order valence-electron chi connectivity index (χ2n) is 4.99. The van der Waals surface area contributed by atoms with Gasteiger partial charge in [-0.05, 0) is 42.0 Å². The third-order valence-corrected chi connectivity index (χ3v) is 5.44. The lowest BCUT2D eigenvalue weighted by molar-refractivity contribution is 0.0963. The summed E-state index contributed by atoms with van der Waals surface area (Å²) < 4.78 is 26.2. The highest BCUT2D eigenvalue weighted by Gasteiger charge is 2.20. The average molecular weight is 353 g/mol. The van der Waals surface area contributed by atoms with Crippen LogP contribution in [0.4, 0.5) is 0 Å². The third-order valence-electron chi connectivity index (χ3n) is 3.37. The molecule has 0 heterocycles. The molecule has 7 heteroatoms. The van der Waals surface area contributed by atoms with E-state index in [0.29, 0.717) is 10.6 Å². The minimum atomic E-state index is -3.59. The van der Waals surface area contributed by atoms with Crippen molar-refractivity contribution in [3.05, 3.63) is 64.7 Å². The zero-order valence-corrected chi connectivity index (χ0v) is 14.4. The number of hydrogen-bond donors (Lipinski definition) is 1. The Bertz CT molecular complexity index is 787. The van der Waals surface area contributed by atoms with Crippen LogP contribution in [0.3, 0.4) is 0 Å². The van der Waals surface area contributed by atoms with Gasteiger partial charge in [0.15, 0.2) is 0 Å². The van der Waals surface area contributed by atoms with E-state index in [2.05, 4.69) is 5.32 Å².